The number of aryl methyl sites for hydroxylation is 1. The molecule has 9 heteroatoms. The van der Waals surface area contributed by atoms with Gasteiger partial charge in [-0.25, -0.2) is 0 Å². The van der Waals surface area contributed by atoms with Gasteiger partial charge >= 0.3 is 0 Å². The lowest BCUT2D eigenvalue weighted by molar-refractivity contribution is -0.134. The van der Waals surface area contributed by atoms with Crippen molar-refractivity contribution in [3.8, 4) is 5.75 Å². The Labute approximate surface area is 189 Å². The number of halogens is 1. The summed E-state index contributed by atoms with van der Waals surface area (Å²) in [5.74, 6) is -0.894. The number of nitrogens with one attached hydrogen (secondary N) is 2. The third kappa shape index (κ3) is 4.45. The summed E-state index contributed by atoms with van der Waals surface area (Å²) in [6.45, 7) is 1.71. The number of hydrogen-bond acceptors (Lipinski definition) is 5. The summed E-state index contributed by atoms with van der Waals surface area (Å²) < 4.78 is 7.45. The van der Waals surface area contributed by atoms with E-state index in [-0.39, 0.29) is 36.8 Å². The van der Waals surface area contributed by atoms with Gasteiger partial charge in [0.1, 0.15) is 11.3 Å². The van der Waals surface area contributed by atoms with Crippen LogP contribution >= 0.6 is 11.6 Å². The van der Waals surface area contributed by atoms with E-state index in [1.54, 1.807) is 36.0 Å². The molecule has 1 saturated heterocycles. The van der Waals surface area contributed by atoms with Crippen molar-refractivity contribution in [2.24, 2.45) is 7.05 Å². The molecule has 2 aromatic carbocycles. The molecule has 0 radical (unpaired) electrons. The summed E-state index contributed by atoms with van der Waals surface area (Å²) in [6.07, 6.45) is 0.684. The van der Waals surface area contributed by atoms with Crippen molar-refractivity contribution in [1.82, 2.24) is 20.4 Å². The number of rotatable bonds is 6. The van der Waals surface area contributed by atoms with E-state index in [9.17, 15) is 14.4 Å². The van der Waals surface area contributed by atoms with E-state index < -0.39 is 5.92 Å². The van der Waals surface area contributed by atoms with Gasteiger partial charge in [0, 0.05) is 23.9 Å². The molecule has 0 bridgehead atoms. The summed E-state index contributed by atoms with van der Waals surface area (Å²) in [5, 5.41) is 11.2. The highest BCUT2D eigenvalue weighted by molar-refractivity contribution is 6.30. The van der Waals surface area contributed by atoms with Crippen molar-refractivity contribution in [1.29, 1.82) is 0 Å². The highest BCUT2D eigenvalue weighted by atomic mass is 35.5. The smallest absolute Gasteiger partial charge is 0.258 e. The fourth-order valence-electron chi connectivity index (χ4n) is 3.92. The third-order valence-electron chi connectivity index (χ3n) is 5.53. The lowest BCUT2D eigenvalue weighted by atomic mass is 9.93. The number of fused-ring (bicyclic) bond motifs is 1. The van der Waals surface area contributed by atoms with Crippen molar-refractivity contribution in [2.45, 2.75) is 31.7 Å². The summed E-state index contributed by atoms with van der Waals surface area (Å²) in [4.78, 5) is 36.3. The van der Waals surface area contributed by atoms with Gasteiger partial charge in [0.2, 0.25) is 11.8 Å². The molecule has 1 aromatic heterocycles. The van der Waals surface area contributed by atoms with Crippen LogP contribution in [0.15, 0.2) is 42.5 Å². The molecule has 32 heavy (non-hydrogen) atoms. The van der Waals surface area contributed by atoms with Crippen molar-refractivity contribution < 1.29 is 19.1 Å². The van der Waals surface area contributed by atoms with E-state index in [2.05, 4.69) is 15.7 Å². The average molecular weight is 455 g/mol. The van der Waals surface area contributed by atoms with Crippen LogP contribution in [-0.4, -0.2) is 34.1 Å². The van der Waals surface area contributed by atoms with Crippen LogP contribution in [0.3, 0.4) is 0 Å². The van der Waals surface area contributed by atoms with Crippen molar-refractivity contribution in [3.05, 3.63) is 58.7 Å². The van der Waals surface area contributed by atoms with E-state index >= 15 is 0 Å². The number of ether oxygens (including phenoxy) is 1. The molecule has 1 unspecified atom stereocenters. The first kappa shape index (κ1) is 21.8. The molecule has 4 rings (SSSR count). The number of nitrogens with zero attached hydrogens (tertiary/aromatic N) is 2. The van der Waals surface area contributed by atoms with Gasteiger partial charge in [0.05, 0.1) is 17.7 Å². The zero-order valence-electron chi connectivity index (χ0n) is 17.7. The zero-order valence-corrected chi connectivity index (χ0v) is 18.5. The first-order valence-electron chi connectivity index (χ1n) is 10.3. The van der Waals surface area contributed by atoms with Gasteiger partial charge in [0.15, 0.2) is 6.61 Å². The molecule has 0 spiro atoms. The predicted molar refractivity (Wildman–Crippen MR) is 119 cm³/mol. The second-order valence-electron chi connectivity index (χ2n) is 7.79. The number of para-hydroxylation sites is 1. The topological polar surface area (TPSA) is 102 Å². The summed E-state index contributed by atoms with van der Waals surface area (Å²) in [5.41, 5.74) is 2.22. The largest absolute Gasteiger partial charge is 0.482 e. The number of piperidine rings is 1. The van der Waals surface area contributed by atoms with Gasteiger partial charge in [-0.3, -0.25) is 24.4 Å². The Morgan fingerprint density at radius 3 is 2.75 bits per heavy atom. The molecule has 8 nitrogen and oxygen atoms in total. The minimum atomic E-state index is -0.504. The van der Waals surface area contributed by atoms with Gasteiger partial charge in [-0.1, -0.05) is 35.9 Å². The highest BCUT2D eigenvalue weighted by Gasteiger charge is 2.32. The molecular weight excluding hydrogens is 432 g/mol. The van der Waals surface area contributed by atoms with Crippen LogP contribution in [0.4, 0.5) is 0 Å². The minimum absolute atomic E-state index is 0.171. The fourth-order valence-corrected chi connectivity index (χ4v) is 4.04. The lowest BCUT2D eigenvalue weighted by Gasteiger charge is -2.19. The number of aromatic nitrogens is 2. The number of imide groups is 1. The maximum Gasteiger partial charge on any atom is 0.258 e. The van der Waals surface area contributed by atoms with Crippen LogP contribution < -0.4 is 15.4 Å². The summed E-state index contributed by atoms with van der Waals surface area (Å²) in [7, 11) is 1.76. The van der Waals surface area contributed by atoms with E-state index in [0.717, 1.165) is 10.9 Å². The standard InChI is InChI=1S/C23H23ClN4O4/c1-13(14-6-8-15(24)9-7-14)25-20(30)12-32-18-5-3-4-16-21(27-28(2)22(16)18)17-10-11-19(29)26-23(17)31/h3-9,13,17H,10-12H2,1-2H3,(H,25,30)(H,26,29,31)/t13-,17?/m0/s1. The minimum Gasteiger partial charge on any atom is -0.482 e. The number of carbonyl (C=O) groups excluding carboxylic acids is 3. The van der Waals surface area contributed by atoms with E-state index in [1.165, 1.54) is 0 Å². The molecular formula is C23H23ClN4O4. The fraction of sp³-hybridized carbons (Fsp3) is 0.304. The number of carbonyl (C=O) groups is 3. The Kier molecular flexibility index (Phi) is 6.14. The third-order valence-corrected chi connectivity index (χ3v) is 5.78. The van der Waals surface area contributed by atoms with Crippen LogP contribution in [-0.2, 0) is 21.4 Å². The predicted octanol–water partition coefficient (Wildman–Crippen LogP) is 3.00. The molecule has 2 N–H and O–H groups in total. The first-order valence-corrected chi connectivity index (χ1v) is 10.7. The molecule has 2 heterocycles. The van der Waals surface area contributed by atoms with Crippen molar-refractivity contribution in [3.63, 3.8) is 0 Å². The maximum atomic E-state index is 12.4. The molecule has 1 aliphatic rings. The van der Waals surface area contributed by atoms with E-state index in [4.69, 9.17) is 16.3 Å². The second kappa shape index (κ2) is 9.00. The van der Waals surface area contributed by atoms with Crippen molar-refractivity contribution >= 4 is 40.2 Å². The van der Waals surface area contributed by atoms with Crippen LogP contribution in [0.25, 0.3) is 10.9 Å². The maximum absolute atomic E-state index is 12.4. The van der Waals surface area contributed by atoms with Crippen LogP contribution in [0, 0.1) is 0 Å². The molecule has 0 saturated carbocycles. The van der Waals surface area contributed by atoms with Gasteiger partial charge in [-0.05, 0) is 37.1 Å². The lowest BCUT2D eigenvalue weighted by Crippen LogP contribution is -2.39. The number of hydrogen-bond donors (Lipinski definition) is 2. The Morgan fingerprint density at radius 1 is 1.28 bits per heavy atom. The Morgan fingerprint density at radius 2 is 2.03 bits per heavy atom. The number of benzene rings is 2. The molecule has 166 valence electrons. The number of amides is 3. The highest BCUT2D eigenvalue weighted by Crippen LogP contribution is 2.34. The van der Waals surface area contributed by atoms with Gasteiger partial charge < -0.3 is 10.1 Å². The summed E-state index contributed by atoms with van der Waals surface area (Å²) in [6, 6.07) is 12.5. The SMILES string of the molecule is C[C@H](NC(=O)COc1cccc2c(C3CCC(=O)NC3=O)nn(C)c12)c1ccc(Cl)cc1. The molecule has 1 fully saturated rings. The first-order chi connectivity index (χ1) is 15.3. The molecule has 2 atom stereocenters. The average Bonchev–Trinajstić information content (AvgIpc) is 3.09. The van der Waals surface area contributed by atoms with Crippen LogP contribution in [0.2, 0.25) is 5.02 Å². The molecule has 1 aliphatic heterocycles. The Bertz CT molecular complexity index is 1190. The quantitative estimate of drug-likeness (QED) is 0.557. The van der Waals surface area contributed by atoms with Crippen LogP contribution in [0.5, 0.6) is 5.75 Å². The van der Waals surface area contributed by atoms with E-state index in [0.29, 0.717) is 28.4 Å². The molecule has 3 aromatic rings. The van der Waals surface area contributed by atoms with Crippen molar-refractivity contribution in [2.75, 3.05) is 6.61 Å². The van der Waals surface area contributed by atoms with Crippen LogP contribution in [0.1, 0.15) is 43.0 Å². The Balaban J connectivity index is 1.48. The monoisotopic (exact) mass is 454 g/mol. The Hall–Kier alpha value is -3.39. The normalized spacial score (nSPS) is 17.2. The molecule has 3 amide bonds. The molecule has 0 aliphatic carbocycles. The van der Waals surface area contributed by atoms with E-state index in [1.807, 2.05) is 25.1 Å². The zero-order chi connectivity index (χ0) is 22.8. The van der Waals surface area contributed by atoms with Gasteiger partial charge in [-0.2, -0.15) is 5.10 Å². The second-order valence-corrected chi connectivity index (χ2v) is 8.23. The van der Waals surface area contributed by atoms with Gasteiger partial charge in [0.25, 0.3) is 5.91 Å². The summed E-state index contributed by atoms with van der Waals surface area (Å²) >= 11 is 5.91. The van der Waals surface area contributed by atoms with Gasteiger partial charge in [-0.15, -0.1) is 0 Å².